The van der Waals surface area contributed by atoms with Crippen molar-refractivity contribution < 1.29 is 22.4 Å². The Morgan fingerprint density at radius 2 is 1.87 bits per heavy atom. The topological polar surface area (TPSA) is 142 Å². The second-order valence-corrected chi connectivity index (χ2v) is 10.3. The van der Waals surface area contributed by atoms with Crippen LogP contribution in [-0.2, 0) is 12.7 Å². The molecule has 1 saturated heterocycles. The normalized spacial score (nSPS) is 15.6. The molecule has 1 aliphatic rings. The highest BCUT2D eigenvalue weighted by Gasteiger charge is 2.35. The van der Waals surface area contributed by atoms with Crippen LogP contribution in [0.5, 0.6) is 0 Å². The fraction of sp³-hybridized carbons (Fsp3) is 0.462. The van der Waals surface area contributed by atoms with E-state index in [9.17, 15) is 22.4 Å². The van der Waals surface area contributed by atoms with Gasteiger partial charge in [0.2, 0.25) is 0 Å². The number of amides is 1. The van der Waals surface area contributed by atoms with Gasteiger partial charge < -0.3 is 26.7 Å². The summed E-state index contributed by atoms with van der Waals surface area (Å²) in [7, 11) is 0. The largest absolute Gasteiger partial charge is 0.419 e. The lowest BCUT2D eigenvalue weighted by Crippen LogP contribution is -2.36. The predicted molar refractivity (Wildman–Crippen MR) is 139 cm³/mol. The lowest BCUT2D eigenvalue weighted by atomic mass is 9.95. The molecule has 1 atom stereocenters. The van der Waals surface area contributed by atoms with E-state index in [0.29, 0.717) is 55.7 Å². The molecule has 1 aliphatic heterocycles. The fourth-order valence-electron chi connectivity index (χ4n) is 5.09. The number of nitrogens with zero attached hydrogens (tertiary/aromatic N) is 5. The van der Waals surface area contributed by atoms with Gasteiger partial charge in [-0.3, -0.25) is 4.79 Å². The third-order valence-electron chi connectivity index (χ3n) is 6.84. The van der Waals surface area contributed by atoms with Crippen LogP contribution in [0.4, 0.5) is 29.2 Å². The summed E-state index contributed by atoms with van der Waals surface area (Å²) in [5.41, 5.74) is 17.0. The molecule has 0 aliphatic carbocycles. The van der Waals surface area contributed by atoms with E-state index in [1.165, 1.54) is 12.4 Å². The standard InChI is InChI=1S/C26H32F4N8O/c1-14(2)9-17(31)11-38-12-20(16-3-4-19(27)18(10-16)26(28,29)30)36-24(38)15-5-7-37(8-6-15)25-21(23(33)39)22(32)34-13-35-25/h3-4,10,12-15,17H,5-9,11,31H2,1-2H3,(H2,33,39)(H2,32,34,35). The molecule has 0 radical (unpaired) electrons. The number of primary amides is 1. The van der Waals surface area contributed by atoms with Crippen LogP contribution < -0.4 is 22.1 Å². The van der Waals surface area contributed by atoms with Gasteiger partial charge >= 0.3 is 6.18 Å². The van der Waals surface area contributed by atoms with Crippen LogP contribution in [0.1, 0.15) is 60.8 Å². The number of halogens is 4. The number of carbonyl (C=O) groups is 1. The van der Waals surface area contributed by atoms with E-state index in [-0.39, 0.29) is 28.9 Å². The number of nitrogen functional groups attached to an aromatic ring is 1. The highest BCUT2D eigenvalue weighted by Crippen LogP contribution is 2.36. The second kappa shape index (κ2) is 11.2. The van der Waals surface area contributed by atoms with Gasteiger partial charge in [0, 0.05) is 43.4 Å². The number of alkyl halides is 3. The molecule has 4 rings (SSSR count). The van der Waals surface area contributed by atoms with Crippen molar-refractivity contribution in [2.75, 3.05) is 23.7 Å². The molecule has 13 heteroatoms. The summed E-state index contributed by atoms with van der Waals surface area (Å²) in [4.78, 5) is 26.7. The third-order valence-corrected chi connectivity index (χ3v) is 6.84. The van der Waals surface area contributed by atoms with Crippen molar-refractivity contribution in [3.63, 3.8) is 0 Å². The monoisotopic (exact) mass is 548 g/mol. The van der Waals surface area contributed by atoms with Crippen molar-refractivity contribution in [3.8, 4) is 11.3 Å². The van der Waals surface area contributed by atoms with Gasteiger partial charge in [0.15, 0.2) is 0 Å². The molecule has 6 N–H and O–H groups in total. The Morgan fingerprint density at radius 1 is 1.18 bits per heavy atom. The molecule has 0 saturated carbocycles. The maximum Gasteiger partial charge on any atom is 0.419 e. The van der Waals surface area contributed by atoms with E-state index in [1.807, 2.05) is 9.47 Å². The molecular weight excluding hydrogens is 516 g/mol. The Morgan fingerprint density at radius 3 is 2.49 bits per heavy atom. The van der Waals surface area contributed by atoms with Crippen molar-refractivity contribution in [3.05, 3.63) is 53.5 Å². The second-order valence-electron chi connectivity index (χ2n) is 10.3. The summed E-state index contributed by atoms with van der Waals surface area (Å²) in [6.45, 7) is 5.58. The van der Waals surface area contributed by atoms with Crippen LogP contribution in [0.3, 0.4) is 0 Å². The number of aromatic nitrogens is 4. The van der Waals surface area contributed by atoms with E-state index < -0.39 is 23.5 Å². The summed E-state index contributed by atoms with van der Waals surface area (Å²) in [6, 6.07) is 2.70. The number of hydrogen-bond acceptors (Lipinski definition) is 7. The number of piperidine rings is 1. The Labute approximate surface area is 223 Å². The first-order valence-electron chi connectivity index (χ1n) is 12.7. The first kappa shape index (κ1) is 28.3. The summed E-state index contributed by atoms with van der Waals surface area (Å²) in [5.74, 6) is -0.672. The van der Waals surface area contributed by atoms with Crippen molar-refractivity contribution in [2.24, 2.45) is 17.4 Å². The molecule has 3 heterocycles. The van der Waals surface area contributed by atoms with Gasteiger partial charge in [0.05, 0.1) is 11.3 Å². The van der Waals surface area contributed by atoms with E-state index in [2.05, 4.69) is 23.8 Å². The maximum absolute atomic E-state index is 13.9. The molecule has 39 heavy (non-hydrogen) atoms. The number of benzene rings is 1. The number of imidazole rings is 1. The molecule has 210 valence electrons. The Bertz CT molecular complexity index is 1330. The van der Waals surface area contributed by atoms with Crippen molar-refractivity contribution in [1.82, 2.24) is 19.5 Å². The Kier molecular flexibility index (Phi) is 8.09. The van der Waals surface area contributed by atoms with Crippen molar-refractivity contribution in [1.29, 1.82) is 0 Å². The quantitative estimate of drug-likeness (QED) is 0.362. The maximum atomic E-state index is 13.9. The molecule has 1 aromatic carbocycles. The molecule has 1 amide bonds. The summed E-state index contributed by atoms with van der Waals surface area (Å²) in [6.07, 6.45) is 0.128. The smallest absolute Gasteiger partial charge is 0.383 e. The minimum absolute atomic E-state index is 0.00599. The zero-order valence-corrected chi connectivity index (χ0v) is 21.7. The van der Waals surface area contributed by atoms with Crippen LogP contribution >= 0.6 is 0 Å². The van der Waals surface area contributed by atoms with Crippen LogP contribution in [-0.4, -0.2) is 44.6 Å². The van der Waals surface area contributed by atoms with Gasteiger partial charge in [0.1, 0.15) is 35.2 Å². The lowest BCUT2D eigenvalue weighted by molar-refractivity contribution is -0.139. The first-order valence-corrected chi connectivity index (χ1v) is 12.7. The van der Waals surface area contributed by atoms with Gasteiger partial charge in [-0.1, -0.05) is 13.8 Å². The number of hydrogen-bond donors (Lipinski definition) is 3. The Balaban J connectivity index is 1.64. The van der Waals surface area contributed by atoms with Gasteiger partial charge in [-0.15, -0.1) is 0 Å². The van der Waals surface area contributed by atoms with Gasteiger partial charge in [-0.2, -0.15) is 13.2 Å². The molecule has 1 fully saturated rings. The molecule has 1 unspecified atom stereocenters. The highest BCUT2D eigenvalue weighted by molar-refractivity contribution is 6.01. The number of rotatable bonds is 8. The average molecular weight is 549 g/mol. The Hall–Kier alpha value is -3.74. The van der Waals surface area contributed by atoms with Crippen LogP contribution in [0, 0.1) is 11.7 Å². The van der Waals surface area contributed by atoms with E-state index in [0.717, 1.165) is 18.6 Å². The molecule has 0 spiro atoms. The van der Waals surface area contributed by atoms with Crippen LogP contribution in [0.2, 0.25) is 0 Å². The number of anilines is 2. The lowest BCUT2D eigenvalue weighted by Gasteiger charge is -2.33. The number of nitrogens with two attached hydrogens (primary N) is 3. The summed E-state index contributed by atoms with van der Waals surface area (Å²) in [5, 5.41) is 0. The van der Waals surface area contributed by atoms with Crippen LogP contribution in [0.15, 0.2) is 30.7 Å². The SMILES string of the molecule is CC(C)CC(N)Cn1cc(-c2ccc(F)c(C(F)(F)F)c2)nc1C1CCN(c2ncnc(N)c2C(N)=O)CC1. The molecule has 2 aromatic heterocycles. The zero-order chi connectivity index (χ0) is 28.5. The van der Waals surface area contributed by atoms with E-state index in [4.69, 9.17) is 22.2 Å². The highest BCUT2D eigenvalue weighted by atomic mass is 19.4. The van der Waals surface area contributed by atoms with E-state index in [1.54, 1.807) is 6.20 Å². The number of carbonyl (C=O) groups excluding carboxylic acids is 1. The first-order chi connectivity index (χ1) is 18.3. The van der Waals surface area contributed by atoms with Crippen LogP contribution in [0.25, 0.3) is 11.3 Å². The molecule has 0 bridgehead atoms. The van der Waals surface area contributed by atoms with E-state index >= 15 is 0 Å². The van der Waals surface area contributed by atoms with Crippen molar-refractivity contribution >= 4 is 17.5 Å². The minimum Gasteiger partial charge on any atom is -0.383 e. The summed E-state index contributed by atoms with van der Waals surface area (Å²) >= 11 is 0. The predicted octanol–water partition coefficient (Wildman–Crippen LogP) is 3.94. The molecular formula is C26H32F4N8O. The molecule has 3 aromatic rings. The average Bonchev–Trinajstić information content (AvgIpc) is 3.26. The zero-order valence-electron chi connectivity index (χ0n) is 21.7. The minimum atomic E-state index is -4.83. The molecule has 9 nitrogen and oxygen atoms in total. The third kappa shape index (κ3) is 6.29. The fourth-order valence-corrected chi connectivity index (χ4v) is 5.09. The van der Waals surface area contributed by atoms with Gasteiger partial charge in [-0.05, 0) is 43.4 Å². The summed E-state index contributed by atoms with van der Waals surface area (Å²) < 4.78 is 55.9. The van der Waals surface area contributed by atoms with Gasteiger partial charge in [0.25, 0.3) is 5.91 Å². The van der Waals surface area contributed by atoms with Gasteiger partial charge in [-0.25, -0.2) is 19.3 Å². The van der Waals surface area contributed by atoms with Crippen molar-refractivity contribution in [2.45, 2.75) is 57.8 Å².